The lowest BCUT2D eigenvalue weighted by Crippen LogP contribution is -2.26. The molecule has 1 aromatic carbocycles. The van der Waals surface area contributed by atoms with Crippen molar-refractivity contribution >= 4 is 45.3 Å². The van der Waals surface area contributed by atoms with Crippen LogP contribution in [-0.4, -0.2) is 24.8 Å². The van der Waals surface area contributed by atoms with Crippen LogP contribution in [0.5, 0.6) is 5.75 Å². The third-order valence-corrected chi connectivity index (χ3v) is 6.92. The molecule has 0 radical (unpaired) electrons. The Bertz CT molecular complexity index is 914. The number of ether oxygens (including phenoxy) is 2. The van der Waals surface area contributed by atoms with Gasteiger partial charge in [-0.25, -0.2) is 4.79 Å². The Kier molecular flexibility index (Phi) is 7.03. The zero-order chi connectivity index (χ0) is 21.9. The van der Waals surface area contributed by atoms with E-state index in [0.717, 1.165) is 41.3 Å². The first-order chi connectivity index (χ1) is 14.2. The summed E-state index contributed by atoms with van der Waals surface area (Å²) in [5.74, 6) is 1.10. The summed E-state index contributed by atoms with van der Waals surface area (Å²) in [6.07, 6.45) is 2.95. The van der Waals surface area contributed by atoms with Crippen LogP contribution < -0.4 is 15.4 Å². The minimum absolute atomic E-state index is 0.241. The molecule has 1 aliphatic carbocycles. The van der Waals surface area contributed by atoms with Gasteiger partial charge in [0.05, 0.1) is 19.3 Å². The van der Waals surface area contributed by atoms with Crippen LogP contribution in [0.4, 0.5) is 10.7 Å². The molecule has 0 amide bonds. The third-order valence-electron chi connectivity index (χ3n) is 5.54. The highest BCUT2D eigenvalue weighted by Gasteiger charge is 2.34. The van der Waals surface area contributed by atoms with Crippen LogP contribution in [0.15, 0.2) is 24.3 Å². The van der Waals surface area contributed by atoms with Gasteiger partial charge in [-0.05, 0) is 79.6 Å². The minimum atomic E-state index is -0.279. The molecule has 2 N–H and O–H groups in total. The van der Waals surface area contributed by atoms with E-state index in [0.29, 0.717) is 23.2 Å². The van der Waals surface area contributed by atoms with Crippen molar-refractivity contribution in [3.8, 4) is 5.75 Å². The van der Waals surface area contributed by atoms with E-state index in [-0.39, 0.29) is 11.4 Å². The van der Waals surface area contributed by atoms with Crippen LogP contribution in [0.2, 0.25) is 0 Å². The van der Waals surface area contributed by atoms with Gasteiger partial charge in [0, 0.05) is 10.6 Å². The van der Waals surface area contributed by atoms with Gasteiger partial charge in [0.2, 0.25) is 0 Å². The van der Waals surface area contributed by atoms with Gasteiger partial charge in [0.25, 0.3) is 0 Å². The number of hydrogen-bond acceptors (Lipinski definition) is 5. The largest absolute Gasteiger partial charge is 0.497 e. The predicted octanol–water partition coefficient (Wildman–Crippen LogP) is 5.89. The lowest BCUT2D eigenvalue weighted by molar-refractivity contribution is 0.0526. The van der Waals surface area contributed by atoms with Crippen LogP contribution in [0.3, 0.4) is 0 Å². The van der Waals surface area contributed by atoms with Crippen molar-refractivity contribution in [2.45, 2.75) is 47.0 Å². The molecule has 0 fully saturated rings. The number of hydrogen-bond donors (Lipinski definition) is 2. The fourth-order valence-electron chi connectivity index (χ4n) is 3.77. The molecule has 1 atom stereocenters. The molecule has 0 bridgehead atoms. The van der Waals surface area contributed by atoms with E-state index >= 15 is 0 Å². The van der Waals surface area contributed by atoms with Gasteiger partial charge in [0.15, 0.2) is 5.11 Å². The molecular weight excluding hydrogens is 416 g/mol. The third kappa shape index (κ3) is 5.13. The molecule has 0 saturated heterocycles. The molecule has 30 heavy (non-hydrogen) atoms. The SMILES string of the molecule is CCOC(=O)c1c(NC(=S)Nc2ccc(OC)cc2)sc2c1CC[C@H](C(C)(C)C)C2. The topological polar surface area (TPSA) is 59.6 Å². The number of carbonyl (C=O) groups excluding carboxylic acids is 1. The van der Waals surface area contributed by atoms with Gasteiger partial charge in [0.1, 0.15) is 10.8 Å². The summed E-state index contributed by atoms with van der Waals surface area (Å²) in [5, 5.41) is 7.62. The Balaban J connectivity index is 1.83. The van der Waals surface area contributed by atoms with Crippen molar-refractivity contribution in [3.63, 3.8) is 0 Å². The molecule has 0 aliphatic heterocycles. The summed E-state index contributed by atoms with van der Waals surface area (Å²) in [6, 6.07) is 7.52. The number of thiocarbonyl (C=S) groups is 1. The van der Waals surface area contributed by atoms with Crippen LogP contribution >= 0.6 is 23.6 Å². The summed E-state index contributed by atoms with van der Waals surface area (Å²) < 4.78 is 10.6. The molecule has 0 saturated carbocycles. The lowest BCUT2D eigenvalue weighted by Gasteiger charge is -2.33. The maximum Gasteiger partial charge on any atom is 0.341 e. The van der Waals surface area contributed by atoms with Gasteiger partial charge in [-0.3, -0.25) is 0 Å². The van der Waals surface area contributed by atoms with Crippen LogP contribution in [0.25, 0.3) is 0 Å². The fraction of sp³-hybridized carbons (Fsp3) is 0.478. The van der Waals surface area contributed by atoms with E-state index in [1.807, 2.05) is 31.2 Å². The molecule has 5 nitrogen and oxygen atoms in total. The molecular formula is C23H30N2O3S2. The van der Waals surface area contributed by atoms with E-state index in [9.17, 15) is 4.79 Å². The maximum absolute atomic E-state index is 12.8. The number of rotatable bonds is 5. The first-order valence-corrected chi connectivity index (χ1v) is 11.5. The highest BCUT2D eigenvalue weighted by Crippen LogP contribution is 2.44. The summed E-state index contributed by atoms with van der Waals surface area (Å²) in [4.78, 5) is 14.0. The summed E-state index contributed by atoms with van der Waals surface area (Å²) in [6.45, 7) is 9.04. The molecule has 3 rings (SSSR count). The molecule has 1 heterocycles. The number of thiophene rings is 1. The van der Waals surface area contributed by atoms with Crippen molar-refractivity contribution in [1.82, 2.24) is 0 Å². The maximum atomic E-state index is 12.8. The average Bonchev–Trinajstić information content (AvgIpc) is 3.04. The Morgan fingerprint density at radius 2 is 1.93 bits per heavy atom. The highest BCUT2D eigenvalue weighted by molar-refractivity contribution is 7.80. The number of fused-ring (bicyclic) bond motifs is 1. The zero-order valence-corrected chi connectivity index (χ0v) is 19.9. The quantitative estimate of drug-likeness (QED) is 0.441. The highest BCUT2D eigenvalue weighted by atomic mass is 32.1. The standard InChI is InChI=1S/C23H30N2O3S2/c1-6-28-21(26)19-17-12-7-14(23(2,3)4)13-18(17)30-20(19)25-22(29)24-15-8-10-16(27-5)11-9-15/h8-11,14H,6-7,12-13H2,1-5H3,(H2,24,25,29)/t14-/m0/s1. The number of benzene rings is 1. The lowest BCUT2D eigenvalue weighted by atomic mass is 9.72. The average molecular weight is 447 g/mol. The molecule has 2 aromatic rings. The number of nitrogens with one attached hydrogen (secondary N) is 2. The van der Waals surface area contributed by atoms with Crippen LogP contribution in [0, 0.1) is 11.3 Å². The van der Waals surface area contributed by atoms with Gasteiger partial charge in [-0.1, -0.05) is 20.8 Å². The molecule has 0 spiro atoms. The number of anilines is 2. The Morgan fingerprint density at radius 3 is 2.53 bits per heavy atom. The Hall–Kier alpha value is -2.12. The van der Waals surface area contributed by atoms with E-state index in [1.165, 1.54) is 4.88 Å². The normalized spacial score (nSPS) is 15.8. The van der Waals surface area contributed by atoms with Crippen molar-refractivity contribution < 1.29 is 14.3 Å². The molecule has 1 aromatic heterocycles. The zero-order valence-electron chi connectivity index (χ0n) is 18.3. The Labute approximate surface area is 188 Å². The van der Waals surface area contributed by atoms with E-state index < -0.39 is 0 Å². The van der Waals surface area contributed by atoms with E-state index in [1.54, 1.807) is 18.4 Å². The molecule has 0 unspecified atom stereocenters. The molecule has 162 valence electrons. The monoisotopic (exact) mass is 446 g/mol. The molecule has 1 aliphatic rings. The predicted molar refractivity (Wildman–Crippen MR) is 128 cm³/mol. The summed E-state index contributed by atoms with van der Waals surface area (Å²) in [5.41, 5.74) is 2.85. The second-order valence-corrected chi connectivity index (χ2v) is 10.1. The number of carbonyl (C=O) groups is 1. The first kappa shape index (κ1) is 22.6. The second kappa shape index (κ2) is 9.35. The van der Waals surface area contributed by atoms with Crippen molar-refractivity contribution in [2.24, 2.45) is 11.3 Å². The van der Waals surface area contributed by atoms with E-state index in [4.69, 9.17) is 21.7 Å². The smallest absolute Gasteiger partial charge is 0.341 e. The summed E-state index contributed by atoms with van der Waals surface area (Å²) >= 11 is 7.14. The van der Waals surface area contributed by atoms with Gasteiger partial charge in [-0.2, -0.15) is 0 Å². The van der Waals surface area contributed by atoms with Gasteiger partial charge in [-0.15, -0.1) is 11.3 Å². The Morgan fingerprint density at radius 1 is 1.23 bits per heavy atom. The van der Waals surface area contributed by atoms with Gasteiger partial charge >= 0.3 is 5.97 Å². The molecule has 7 heteroatoms. The van der Waals surface area contributed by atoms with Crippen LogP contribution in [0.1, 0.15) is 54.9 Å². The van der Waals surface area contributed by atoms with E-state index in [2.05, 4.69) is 31.4 Å². The number of esters is 1. The van der Waals surface area contributed by atoms with Crippen molar-refractivity contribution in [1.29, 1.82) is 0 Å². The number of methoxy groups -OCH3 is 1. The first-order valence-electron chi connectivity index (χ1n) is 10.3. The van der Waals surface area contributed by atoms with Crippen LogP contribution in [-0.2, 0) is 17.6 Å². The van der Waals surface area contributed by atoms with Crippen molar-refractivity contribution in [3.05, 3.63) is 40.3 Å². The fourth-order valence-corrected chi connectivity index (χ4v) is 5.38. The second-order valence-electron chi connectivity index (χ2n) is 8.54. The van der Waals surface area contributed by atoms with Gasteiger partial charge < -0.3 is 20.1 Å². The summed E-state index contributed by atoms with van der Waals surface area (Å²) in [7, 11) is 1.63. The minimum Gasteiger partial charge on any atom is -0.497 e. The van der Waals surface area contributed by atoms with Crippen molar-refractivity contribution in [2.75, 3.05) is 24.4 Å².